The van der Waals surface area contributed by atoms with Gasteiger partial charge in [-0.25, -0.2) is 4.79 Å². The number of hydrogen-bond donors (Lipinski definition) is 1. The number of nitrogens with one attached hydrogen (secondary N) is 1. The van der Waals surface area contributed by atoms with Crippen LogP contribution in [0.25, 0.3) is 0 Å². The third kappa shape index (κ3) is 2.47. The summed E-state index contributed by atoms with van der Waals surface area (Å²) in [5.74, 6) is -1.18. The average molecular weight is 289 g/mol. The summed E-state index contributed by atoms with van der Waals surface area (Å²) < 4.78 is 14.0. The van der Waals surface area contributed by atoms with Gasteiger partial charge in [0.1, 0.15) is 0 Å². The smallest absolute Gasteiger partial charge is 0.295 e. The number of aromatic nitrogens is 2. The zero-order valence-corrected chi connectivity index (χ0v) is 10.4. The molecule has 1 aromatic heterocycles. The lowest BCUT2D eigenvalue weighted by Gasteiger charge is -2.05. The number of halogens is 3. The van der Waals surface area contributed by atoms with Crippen molar-refractivity contribution in [1.29, 1.82) is 0 Å². The molecule has 0 spiro atoms. The number of hydrogen-bond acceptors (Lipinski definition) is 2. The molecule has 1 aromatic carbocycles. The topological polar surface area (TPSA) is 54.9 Å². The normalized spacial score (nSPS) is 10.6. The van der Waals surface area contributed by atoms with Gasteiger partial charge in [0.2, 0.25) is 5.82 Å². The van der Waals surface area contributed by atoms with E-state index in [9.17, 15) is 14.0 Å². The van der Waals surface area contributed by atoms with Crippen LogP contribution in [-0.4, -0.2) is 9.55 Å². The molecule has 4 nitrogen and oxygen atoms in total. The second kappa shape index (κ2) is 4.96. The van der Waals surface area contributed by atoms with Crippen molar-refractivity contribution in [2.45, 2.75) is 6.54 Å². The molecule has 1 heterocycles. The van der Waals surface area contributed by atoms with E-state index in [1.807, 2.05) is 4.98 Å². The maximum Gasteiger partial charge on any atom is 0.329 e. The molecule has 7 heteroatoms. The molecule has 0 saturated heterocycles. The van der Waals surface area contributed by atoms with E-state index in [2.05, 4.69) is 0 Å². The Morgan fingerprint density at radius 1 is 1.28 bits per heavy atom. The van der Waals surface area contributed by atoms with Gasteiger partial charge in [-0.1, -0.05) is 35.3 Å². The van der Waals surface area contributed by atoms with E-state index in [4.69, 9.17) is 23.2 Å². The molecule has 1 N–H and O–H groups in total. The Labute approximate surface area is 111 Å². The summed E-state index contributed by atoms with van der Waals surface area (Å²) in [6, 6.07) is 6.58. The zero-order valence-electron chi connectivity index (χ0n) is 8.91. The predicted octanol–water partition coefficient (Wildman–Crippen LogP) is 2.03. The fraction of sp³-hybridized carbons (Fsp3) is 0.0909. The van der Waals surface area contributed by atoms with Gasteiger partial charge in [0, 0.05) is 5.02 Å². The van der Waals surface area contributed by atoms with Gasteiger partial charge in [-0.3, -0.25) is 14.3 Å². The molecular weight excluding hydrogens is 282 g/mol. The van der Waals surface area contributed by atoms with Gasteiger partial charge in [-0.05, 0) is 17.7 Å². The predicted molar refractivity (Wildman–Crippen MR) is 66.8 cm³/mol. The van der Waals surface area contributed by atoms with Gasteiger partial charge in [0.25, 0.3) is 5.56 Å². The fourth-order valence-corrected chi connectivity index (χ4v) is 1.86. The number of rotatable bonds is 2. The summed E-state index contributed by atoms with van der Waals surface area (Å²) in [5, 5.41) is -0.126. The van der Waals surface area contributed by atoms with E-state index >= 15 is 0 Å². The van der Waals surface area contributed by atoms with Crippen LogP contribution in [0.5, 0.6) is 0 Å². The number of aromatic amines is 1. The minimum Gasteiger partial charge on any atom is -0.295 e. The molecule has 0 aliphatic rings. The largest absolute Gasteiger partial charge is 0.329 e. The van der Waals surface area contributed by atoms with Crippen molar-refractivity contribution in [2.75, 3.05) is 0 Å². The SMILES string of the molecule is O=c1[nH]c(Cl)c(F)c(=O)n1Cc1cccc(Cl)c1. The molecule has 0 bridgehead atoms. The Kier molecular flexibility index (Phi) is 3.54. The first-order chi connectivity index (χ1) is 8.49. The van der Waals surface area contributed by atoms with Gasteiger partial charge in [-0.15, -0.1) is 0 Å². The van der Waals surface area contributed by atoms with Crippen LogP contribution >= 0.6 is 23.2 Å². The minimum atomic E-state index is -1.18. The summed E-state index contributed by atoms with van der Waals surface area (Å²) in [7, 11) is 0. The zero-order chi connectivity index (χ0) is 13.3. The van der Waals surface area contributed by atoms with E-state index in [1.54, 1.807) is 24.3 Å². The quantitative estimate of drug-likeness (QED) is 0.860. The van der Waals surface area contributed by atoms with E-state index in [0.717, 1.165) is 0 Å². The number of benzene rings is 1. The van der Waals surface area contributed by atoms with Crippen molar-refractivity contribution in [2.24, 2.45) is 0 Å². The van der Waals surface area contributed by atoms with E-state index in [0.29, 0.717) is 15.2 Å². The standard InChI is InChI=1S/C11H7Cl2FN2O2/c12-7-3-1-2-6(4-7)5-16-10(17)8(14)9(13)15-11(16)18/h1-4H,5H2,(H,15,18). The molecule has 0 aliphatic heterocycles. The van der Waals surface area contributed by atoms with Crippen molar-refractivity contribution in [1.82, 2.24) is 9.55 Å². The van der Waals surface area contributed by atoms with Crippen molar-refractivity contribution < 1.29 is 4.39 Å². The molecule has 0 saturated carbocycles. The minimum absolute atomic E-state index is 0.0805. The van der Waals surface area contributed by atoms with Crippen LogP contribution in [0.2, 0.25) is 10.2 Å². The van der Waals surface area contributed by atoms with Crippen molar-refractivity contribution in [3.05, 3.63) is 66.7 Å². The van der Waals surface area contributed by atoms with Crippen LogP contribution < -0.4 is 11.2 Å². The number of nitrogens with zero attached hydrogens (tertiary/aromatic N) is 1. The first-order valence-corrected chi connectivity index (χ1v) is 5.67. The van der Waals surface area contributed by atoms with Crippen LogP contribution in [0.15, 0.2) is 33.9 Å². The van der Waals surface area contributed by atoms with Gasteiger partial charge in [0.15, 0.2) is 5.15 Å². The van der Waals surface area contributed by atoms with Gasteiger partial charge < -0.3 is 0 Å². The van der Waals surface area contributed by atoms with Gasteiger partial charge >= 0.3 is 5.69 Å². The highest BCUT2D eigenvalue weighted by Gasteiger charge is 2.12. The van der Waals surface area contributed by atoms with Crippen LogP contribution in [0.4, 0.5) is 4.39 Å². The molecule has 94 valence electrons. The molecule has 2 rings (SSSR count). The van der Waals surface area contributed by atoms with Crippen molar-refractivity contribution in [3.63, 3.8) is 0 Å². The summed E-state index contributed by atoms with van der Waals surface area (Å²) >= 11 is 11.1. The third-order valence-corrected chi connectivity index (χ3v) is 2.81. The third-order valence-electron chi connectivity index (χ3n) is 2.32. The second-order valence-electron chi connectivity index (χ2n) is 3.58. The summed E-state index contributed by atoms with van der Waals surface area (Å²) in [6.45, 7) is -0.0805. The molecule has 0 radical (unpaired) electrons. The highest BCUT2D eigenvalue weighted by atomic mass is 35.5. The first kappa shape index (κ1) is 12.9. The van der Waals surface area contributed by atoms with Crippen molar-refractivity contribution >= 4 is 23.2 Å². The molecule has 18 heavy (non-hydrogen) atoms. The monoisotopic (exact) mass is 288 g/mol. The van der Waals surface area contributed by atoms with Crippen LogP contribution in [0.1, 0.15) is 5.56 Å². The maximum absolute atomic E-state index is 13.3. The average Bonchev–Trinajstić information content (AvgIpc) is 2.32. The molecular formula is C11H7Cl2FN2O2. The molecule has 0 fully saturated rings. The van der Waals surface area contributed by atoms with Gasteiger partial charge in [-0.2, -0.15) is 4.39 Å². The Morgan fingerprint density at radius 3 is 2.67 bits per heavy atom. The maximum atomic E-state index is 13.3. The summed E-state index contributed by atoms with van der Waals surface area (Å²) in [4.78, 5) is 25.1. The first-order valence-electron chi connectivity index (χ1n) is 4.91. The molecule has 0 amide bonds. The lowest BCUT2D eigenvalue weighted by molar-refractivity contribution is 0.558. The Morgan fingerprint density at radius 2 is 2.00 bits per heavy atom. The Bertz CT molecular complexity index is 709. The van der Waals surface area contributed by atoms with Crippen LogP contribution in [-0.2, 0) is 6.54 Å². The molecule has 0 atom stereocenters. The summed E-state index contributed by atoms with van der Waals surface area (Å²) in [5.41, 5.74) is -1.23. The van der Waals surface area contributed by atoms with E-state index < -0.39 is 22.2 Å². The van der Waals surface area contributed by atoms with Crippen molar-refractivity contribution in [3.8, 4) is 0 Å². The van der Waals surface area contributed by atoms with E-state index in [1.165, 1.54) is 0 Å². The number of H-pyrrole nitrogens is 1. The van der Waals surface area contributed by atoms with Gasteiger partial charge in [0.05, 0.1) is 6.54 Å². The fourth-order valence-electron chi connectivity index (χ4n) is 1.48. The van der Waals surface area contributed by atoms with Crippen LogP contribution in [0, 0.1) is 5.82 Å². The molecule has 0 unspecified atom stereocenters. The summed E-state index contributed by atoms with van der Waals surface area (Å²) in [6.07, 6.45) is 0. The van der Waals surface area contributed by atoms with E-state index in [-0.39, 0.29) is 6.54 Å². The highest BCUT2D eigenvalue weighted by molar-refractivity contribution is 6.30. The highest BCUT2D eigenvalue weighted by Crippen LogP contribution is 2.11. The molecule has 0 aliphatic carbocycles. The molecule has 2 aromatic rings. The lowest BCUT2D eigenvalue weighted by Crippen LogP contribution is -2.37. The Balaban J connectivity index is 2.51. The Hall–Kier alpha value is -1.59. The van der Waals surface area contributed by atoms with Crippen LogP contribution in [0.3, 0.4) is 0 Å². The lowest BCUT2D eigenvalue weighted by atomic mass is 10.2. The second-order valence-corrected chi connectivity index (χ2v) is 4.39.